The van der Waals surface area contributed by atoms with E-state index in [-0.39, 0.29) is 0 Å². The molecule has 1 spiro atoms. The molecule has 1 atom stereocenters. The lowest BCUT2D eigenvalue weighted by Crippen LogP contribution is -2.55. The number of fused-ring (bicyclic) bond motifs is 2. The summed E-state index contributed by atoms with van der Waals surface area (Å²) in [4.78, 5) is 9.74. The Bertz CT molecular complexity index is 1240. The van der Waals surface area contributed by atoms with E-state index in [2.05, 4.69) is 59.5 Å². The van der Waals surface area contributed by atoms with Crippen LogP contribution in [0.15, 0.2) is 24.7 Å². The molecule has 0 bridgehead atoms. The smallest absolute Gasteiger partial charge is 0.158 e. The minimum atomic E-state index is 0.459. The van der Waals surface area contributed by atoms with E-state index < -0.39 is 0 Å². The second-order valence-electron chi connectivity index (χ2n) is 9.80. The van der Waals surface area contributed by atoms with E-state index in [9.17, 15) is 0 Å². The van der Waals surface area contributed by atoms with Crippen molar-refractivity contribution in [3.8, 4) is 11.3 Å². The van der Waals surface area contributed by atoms with Gasteiger partial charge in [-0.3, -0.25) is 0 Å². The van der Waals surface area contributed by atoms with Gasteiger partial charge in [0, 0.05) is 29.7 Å². The minimum absolute atomic E-state index is 0.459. The van der Waals surface area contributed by atoms with E-state index in [0.717, 1.165) is 17.1 Å². The first kappa shape index (κ1) is 18.6. The summed E-state index contributed by atoms with van der Waals surface area (Å²) >= 11 is 2.03. The van der Waals surface area contributed by atoms with Crippen LogP contribution in [-0.4, -0.2) is 32.7 Å². The summed E-state index contributed by atoms with van der Waals surface area (Å²) in [5, 5.41) is 7.89. The number of hydrogen-bond acceptors (Lipinski definition) is 4. The normalized spacial score (nSPS) is 21.1. The zero-order valence-corrected chi connectivity index (χ0v) is 18.8. The van der Waals surface area contributed by atoms with Crippen molar-refractivity contribution in [2.24, 2.45) is 5.41 Å². The fraction of sp³-hybridized carbons (Fsp3) is 0.500. The molecule has 2 aliphatic rings. The van der Waals surface area contributed by atoms with Gasteiger partial charge in [0.15, 0.2) is 5.65 Å². The summed E-state index contributed by atoms with van der Waals surface area (Å²) in [6.07, 6.45) is 9.21. The van der Waals surface area contributed by atoms with E-state index in [1.807, 2.05) is 15.9 Å². The number of aromatic nitrogens is 4. The van der Waals surface area contributed by atoms with Gasteiger partial charge in [0.05, 0.1) is 15.9 Å². The fourth-order valence-corrected chi connectivity index (χ4v) is 7.17. The van der Waals surface area contributed by atoms with Gasteiger partial charge in [-0.2, -0.15) is 5.10 Å². The van der Waals surface area contributed by atoms with Crippen LogP contribution < -0.4 is 5.32 Å². The van der Waals surface area contributed by atoms with Crippen LogP contribution in [0.4, 0.5) is 0 Å². The lowest BCUT2D eigenvalue weighted by atomic mass is 9.66. The number of pyridine rings is 1. The number of aryl methyl sites for hydroxylation is 1. The molecule has 1 unspecified atom stereocenters. The first-order valence-electron chi connectivity index (χ1n) is 11.2. The maximum Gasteiger partial charge on any atom is 0.158 e. The van der Waals surface area contributed by atoms with Gasteiger partial charge in [-0.05, 0) is 66.7 Å². The maximum absolute atomic E-state index is 4.37. The number of nitrogens with zero attached hydrogens (tertiary/aromatic N) is 3. The average molecular weight is 420 g/mol. The zero-order valence-electron chi connectivity index (χ0n) is 18.0. The van der Waals surface area contributed by atoms with E-state index in [1.165, 1.54) is 65.8 Å². The highest BCUT2D eigenvalue weighted by atomic mass is 32.1. The molecule has 6 rings (SSSR count). The zero-order chi connectivity index (χ0) is 20.5. The molecule has 5 heterocycles. The van der Waals surface area contributed by atoms with Crippen molar-refractivity contribution >= 4 is 27.2 Å². The Kier molecular flexibility index (Phi) is 4.12. The van der Waals surface area contributed by atoms with Gasteiger partial charge in [-0.15, -0.1) is 11.3 Å². The Morgan fingerprint density at radius 3 is 2.90 bits per heavy atom. The molecular formula is C24H29N5S. The topological polar surface area (TPSA) is 58.0 Å². The van der Waals surface area contributed by atoms with Crippen molar-refractivity contribution in [1.29, 1.82) is 0 Å². The quantitative estimate of drug-likeness (QED) is 0.453. The van der Waals surface area contributed by atoms with Gasteiger partial charge < -0.3 is 10.3 Å². The molecule has 1 saturated heterocycles. The van der Waals surface area contributed by atoms with E-state index in [1.54, 1.807) is 11.2 Å². The van der Waals surface area contributed by atoms with Crippen LogP contribution in [-0.2, 0) is 0 Å². The number of rotatable bonds is 3. The van der Waals surface area contributed by atoms with Crippen LogP contribution in [0.2, 0.25) is 0 Å². The molecule has 6 heteroatoms. The van der Waals surface area contributed by atoms with Gasteiger partial charge in [0.2, 0.25) is 0 Å². The molecule has 0 radical (unpaired) electrons. The Hall–Kier alpha value is -2.18. The first-order valence-corrected chi connectivity index (χ1v) is 12.0. The third-order valence-electron chi connectivity index (χ3n) is 7.29. The first-order chi connectivity index (χ1) is 14.5. The van der Waals surface area contributed by atoms with Gasteiger partial charge >= 0.3 is 0 Å². The highest BCUT2D eigenvalue weighted by molar-refractivity contribution is 7.19. The molecule has 1 saturated carbocycles. The van der Waals surface area contributed by atoms with Crippen LogP contribution in [0.3, 0.4) is 0 Å². The Labute approximate surface area is 180 Å². The van der Waals surface area contributed by atoms with Crippen LogP contribution in [0.5, 0.6) is 0 Å². The molecule has 0 aromatic carbocycles. The average Bonchev–Trinajstić information content (AvgIpc) is 3.40. The third-order valence-corrected chi connectivity index (χ3v) is 8.62. The van der Waals surface area contributed by atoms with Crippen molar-refractivity contribution in [2.75, 3.05) is 13.1 Å². The van der Waals surface area contributed by atoms with Gasteiger partial charge in [0.1, 0.15) is 6.33 Å². The van der Waals surface area contributed by atoms with E-state index >= 15 is 0 Å². The Morgan fingerprint density at radius 1 is 1.27 bits per heavy atom. The van der Waals surface area contributed by atoms with E-state index in [0.29, 0.717) is 11.3 Å². The number of hydrogen-bond donors (Lipinski definition) is 2. The van der Waals surface area contributed by atoms with Crippen molar-refractivity contribution in [1.82, 2.24) is 24.9 Å². The summed E-state index contributed by atoms with van der Waals surface area (Å²) in [6.45, 7) is 9.17. The monoisotopic (exact) mass is 419 g/mol. The van der Waals surface area contributed by atoms with Crippen molar-refractivity contribution < 1.29 is 0 Å². The molecule has 1 aliphatic carbocycles. The summed E-state index contributed by atoms with van der Waals surface area (Å²) < 4.78 is 3.33. The van der Waals surface area contributed by atoms with Crippen molar-refractivity contribution in [3.05, 3.63) is 40.7 Å². The fourth-order valence-electron chi connectivity index (χ4n) is 5.72. The molecule has 2 fully saturated rings. The number of aromatic amines is 1. The second kappa shape index (κ2) is 6.66. The lowest BCUT2D eigenvalue weighted by molar-refractivity contribution is 0.0945. The highest BCUT2D eigenvalue weighted by Gasteiger charge is 2.41. The molecule has 5 nitrogen and oxygen atoms in total. The SMILES string of the molecule is Cc1cc(-c2[nH]c3cc(C4CCCC5(CNC5)C4)sc3c2C(C)C)cn2ncnc12. The largest absolute Gasteiger partial charge is 0.354 e. The highest BCUT2D eigenvalue weighted by Crippen LogP contribution is 2.49. The number of nitrogens with one attached hydrogen (secondary N) is 2. The molecule has 0 amide bonds. The van der Waals surface area contributed by atoms with Crippen LogP contribution in [0, 0.1) is 12.3 Å². The van der Waals surface area contributed by atoms with Crippen molar-refractivity contribution in [3.63, 3.8) is 0 Å². The third kappa shape index (κ3) is 2.77. The summed E-state index contributed by atoms with van der Waals surface area (Å²) in [7, 11) is 0. The molecule has 30 heavy (non-hydrogen) atoms. The van der Waals surface area contributed by atoms with Crippen LogP contribution >= 0.6 is 11.3 Å². The second-order valence-corrected chi connectivity index (χ2v) is 10.9. The number of thiophene rings is 1. The maximum atomic E-state index is 4.37. The van der Waals surface area contributed by atoms with E-state index in [4.69, 9.17) is 0 Å². The lowest BCUT2D eigenvalue weighted by Gasteiger charge is -2.48. The van der Waals surface area contributed by atoms with Gasteiger partial charge in [0.25, 0.3) is 0 Å². The predicted octanol–water partition coefficient (Wildman–Crippen LogP) is 5.62. The molecule has 1 aliphatic heterocycles. The molecule has 4 aromatic rings. The Balaban J connectivity index is 1.43. The van der Waals surface area contributed by atoms with Gasteiger partial charge in [-0.1, -0.05) is 20.3 Å². The molecule has 156 valence electrons. The predicted molar refractivity (Wildman–Crippen MR) is 123 cm³/mol. The molecular weight excluding hydrogens is 390 g/mol. The molecule has 4 aromatic heterocycles. The van der Waals surface area contributed by atoms with Crippen LogP contribution in [0.25, 0.3) is 27.1 Å². The minimum Gasteiger partial charge on any atom is -0.354 e. The summed E-state index contributed by atoms with van der Waals surface area (Å²) in [5.41, 5.74) is 7.83. The number of H-pyrrole nitrogens is 1. The summed E-state index contributed by atoms with van der Waals surface area (Å²) in [6, 6.07) is 4.69. The Morgan fingerprint density at radius 2 is 2.13 bits per heavy atom. The van der Waals surface area contributed by atoms with Crippen LogP contribution in [0.1, 0.15) is 67.4 Å². The van der Waals surface area contributed by atoms with Gasteiger partial charge in [-0.25, -0.2) is 9.50 Å². The standard InChI is InChI=1S/C24H29N5S/c1-14(2)20-21(17-7-15(3)23-26-13-27-29(23)10-17)28-18-8-19(30-22(18)20)16-5-4-6-24(9-16)11-25-12-24/h7-8,10,13-14,16,25,28H,4-6,9,11-12H2,1-3H3. The summed E-state index contributed by atoms with van der Waals surface area (Å²) in [5.74, 6) is 1.18. The molecule has 2 N–H and O–H groups in total. The van der Waals surface area contributed by atoms with Crippen molar-refractivity contribution in [2.45, 2.75) is 58.3 Å².